The van der Waals surface area contributed by atoms with Crippen molar-refractivity contribution >= 4 is 5.91 Å². The van der Waals surface area contributed by atoms with E-state index in [4.69, 9.17) is 9.47 Å². The Hall–Kier alpha value is -0.810. The number of ether oxygens (including phenoxy) is 2. The van der Waals surface area contributed by atoms with Crippen molar-refractivity contribution in [3.05, 3.63) is 0 Å². The quantitative estimate of drug-likeness (QED) is 0.0332. The SMILES string of the molecule is CCCCCCCCCCCCCCCCCCCCCCCC(=O)N[C@@H](CO[C@@H]1O[C@H](CO)[C@H](O)C(O)C1O)[C@H](O)CCCCCCCCCCCCCCCCCC. The normalized spacial score (nSPS) is 20.4. The molecule has 1 aliphatic rings. The molecule has 0 spiro atoms. The summed E-state index contributed by atoms with van der Waals surface area (Å²) in [5, 5.41) is 54.5. The van der Waals surface area contributed by atoms with Gasteiger partial charge in [-0.05, 0) is 12.8 Å². The molecule has 0 aliphatic carbocycles. The zero-order valence-electron chi connectivity index (χ0n) is 39.5. The Kier molecular flexibility index (Phi) is 40.2. The van der Waals surface area contributed by atoms with Gasteiger partial charge in [-0.2, -0.15) is 0 Å². The molecule has 6 N–H and O–H groups in total. The number of carbonyl (C=O) groups is 1. The Morgan fingerprint density at radius 2 is 0.833 bits per heavy atom. The van der Waals surface area contributed by atoms with Crippen molar-refractivity contribution in [2.45, 2.75) is 307 Å². The van der Waals surface area contributed by atoms with Crippen LogP contribution in [-0.4, -0.2) is 87.5 Å². The Morgan fingerprint density at radius 3 is 1.18 bits per heavy atom. The minimum atomic E-state index is -1.55. The van der Waals surface area contributed by atoms with Crippen LogP contribution in [0.1, 0.15) is 264 Å². The second kappa shape index (κ2) is 42.2. The molecular formula is C51H101NO8. The van der Waals surface area contributed by atoms with Gasteiger partial charge >= 0.3 is 0 Å². The highest BCUT2D eigenvalue weighted by Gasteiger charge is 2.44. The largest absolute Gasteiger partial charge is 0.394 e. The van der Waals surface area contributed by atoms with E-state index >= 15 is 0 Å². The van der Waals surface area contributed by atoms with Gasteiger partial charge in [0.05, 0.1) is 25.4 Å². The number of aliphatic hydroxyl groups is 5. The first kappa shape index (κ1) is 57.2. The molecule has 0 saturated carbocycles. The van der Waals surface area contributed by atoms with Crippen LogP contribution in [0.5, 0.6) is 0 Å². The molecule has 1 fully saturated rings. The monoisotopic (exact) mass is 856 g/mol. The summed E-state index contributed by atoms with van der Waals surface area (Å²) in [5.74, 6) is -0.138. The van der Waals surface area contributed by atoms with E-state index in [2.05, 4.69) is 19.2 Å². The number of hydrogen-bond acceptors (Lipinski definition) is 8. The van der Waals surface area contributed by atoms with E-state index in [1.54, 1.807) is 0 Å². The topological polar surface area (TPSA) is 149 Å². The second-order valence-corrected chi connectivity index (χ2v) is 18.7. The number of amides is 1. The molecule has 358 valence electrons. The van der Waals surface area contributed by atoms with Crippen LogP contribution in [0.2, 0.25) is 0 Å². The summed E-state index contributed by atoms with van der Waals surface area (Å²) in [6.45, 7) is 3.87. The Labute approximate surface area is 370 Å². The Morgan fingerprint density at radius 1 is 0.500 bits per heavy atom. The van der Waals surface area contributed by atoms with Crippen molar-refractivity contribution < 1.29 is 39.8 Å². The minimum Gasteiger partial charge on any atom is -0.394 e. The molecule has 9 nitrogen and oxygen atoms in total. The predicted molar refractivity (Wildman–Crippen MR) is 249 cm³/mol. The Balaban J connectivity index is 2.23. The molecule has 1 rings (SSSR count). The van der Waals surface area contributed by atoms with Gasteiger partial charge in [-0.1, -0.05) is 245 Å². The van der Waals surface area contributed by atoms with E-state index in [0.717, 1.165) is 38.5 Å². The average molecular weight is 856 g/mol. The Bertz CT molecular complexity index is 908. The van der Waals surface area contributed by atoms with Gasteiger partial charge in [0, 0.05) is 6.42 Å². The second-order valence-electron chi connectivity index (χ2n) is 18.7. The maximum absolute atomic E-state index is 13.0. The molecule has 60 heavy (non-hydrogen) atoms. The van der Waals surface area contributed by atoms with Crippen molar-refractivity contribution in [3.8, 4) is 0 Å². The smallest absolute Gasteiger partial charge is 0.220 e. The van der Waals surface area contributed by atoms with Crippen LogP contribution in [0, 0.1) is 0 Å². The lowest BCUT2D eigenvalue weighted by Crippen LogP contribution is -2.60. The van der Waals surface area contributed by atoms with Gasteiger partial charge in [-0.3, -0.25) is 4.79 Å². The molecule has 0 aromatic heterocycles. The highest BCUT2D eigenvalue weighted by atomic mass is 16.7. The third-order valence-corrected chi connectivity index (χ3v) is 13.0. The summed E-state index contributed by atoms with van der Waals surface area (Å²) in [7, 11) is 0. The number of unbranched alkanes of at least 4 members (excludes halogenated alkanes) is 35. The van der Waals surface area contributed by atoms with E-state index in [9.17, 15) is 30.3 Å². The summed E-state index contributed by atoms with van der Waals surface area (Å²) >= 11 is 0. The summed E-state index contributed by atoms with van der Waals surface area (Å²) in [4.78, 5) is 13.0. The fraction of sp³-hybridized carbons (Fsp3) is 0.980. The van der Waals surface area contributed by atoms with Crippen LogP contribution in [0.15, 0.2) is 0 Å². The maximum atomic E-state index is 13.0. The van der Waals surface area contributed by atoms with Crippen LogP contribution < -0.4 is 5.32 Å². The maximum Gasteiger partial charge on any atom is 0.220 e. The van der Waals surface area contributed by atoms with Crippen LogP contribution in [0.25, 0.3) is 0 Å². The highest BCUT2D eigenvalue weighted by Crippen LogP contribution is 2.23. The first-order valence-corrected chi connectivity index (χ1v) is 26.2. The molecule has 1 heterocycles. The highest BCUT2D eigenvalue weighted by molar-refractivity contribution is 5.76. The van der Waals surface area contributed by atoms with Crippen molar-refractivity contribution in [1.82, 2.24) is 5.32 Å². The number of carbonyl (C=O) groups excluding carboxylic acids is 1. The van der Waals surface area contributed by atoms with Crippen LogP contribution in [0.4, 0.5) is 0 Å². The van der Waals surface area contributed by atoms with E-state index in [1.165, 1.54) is 199 Å². The van der Waals surface area contributed by atoms with E-state index in [-0.39, 0.29) is 12.5 Å². The number of rotatable bonds is 45. The van der Waals surface area contributed by atoms with E-state index in [1.807, 2.05) is 0 Å². The predicted octanol–water partition coefficient (Wildman–Crippen LogP) is 11.9. The zero-order valence-corrected chi connectivity index (χ0v) is 39.5. The number of hydrogen-bond donors (Lipinski definition) is 6. The van der Waals surface area contributed by atoms with Gasteiger partial charge in [0.1, 0.15) is 24.4 Å². The van der Waals surface area contributed by atoms with Crippen molar-refractivity contribution in [1.29, 1.82) is 0 Å². The summed E-state index contributed by atoms with van der Waals surface area (Å²) in [6, 6.07) is -0.712. The van der Waals surface area contributed by atoms with Gasteiger partial charge in [0.2, 0.25) is 5.91 Å². The fourth-order valence-electron chi connectivity index (χ4n) is 8.75. The average Bonchev–Trinajstić information content (AvgIpc) is 3.25. The molecule has 1 amide bonds. The van der Waals surface area contributed by atoms with Crippen LogP contribution in [0.3, 0.4) is 0 Å². The van der Waals surface area contributed by atoms with E-state index in [0.29, 0.717) is 12.8 Å². The van der Waals surface area contributed by atoms with Crippen molar-refractivity contribution in [3.63, 3.8) is 0 Å². The first-order valence-electron chi connectivity index (χ1n) is 26.2. The molecule has 0 bridgehead atoms. The minimum absolute atomic E-state index is 0.131. The molecule has 1 saturated heterocycles. The lowest BCUT2D eigenvalue weighted by Gasteiger charge is -2.40. The lowest BCUT2D eigenvalue weighted by molar-refractivity contribution is -0.302. The van der Waals surface area contributed by atoms with E-state index < -0.39 is 49.5 Å². The molecule has 0 radical (unpaired) electrons. The van der Waals surface area contributed by atoms with Gasteiger partial charge in [-0.25, -0.2) is 0 Å². The summed E-state index contributed by atoms with van der Waals surface area (Å²) < 4.78 is 11.3. The fourth-order valence-corrected chi connectivity index (χ4v) is 8.75. The van der Waals surface area contributed by atoms with Crippen LogP contribution in [-0.2, 0) is 14.3 Å². The third kappa shape index (κ3) is 31.9. The van der Waals surface area contributed by atoms with Crippen LogP contribution >= 0.6 is 0 Å². The molecule has 0 aromatic carbocycles. The standard InChI is InChI=1S/C51H101NO8/c1-3-5-7-9-11-13-15-17-19-21-22-23-24-25-27-29-31-33-35-37-39-41-47(55)52-44(43-59-51-50(58)49(57)48(56)46(42-53)60-51)45(54)40-38-36-34-32-30-28-26-20-18-16-14-12-10-8-6-4-2/h44-46,48-51,53-54,56-58H,3-43H2,1-2H3,(H,52,55)/t44-,45+,46+,48-,49?,50?,51+/m0/s1. The van der Waals surface area contributed by atoms with Gasteiger partial charge in [-0.15, -0.1) is 0 Å². The molecule has 2 unspecified atom stereocenters. The number of nitrogens with one attached hydrogen (secondary N) is 1. The lowest BCUT2D eigenvalue weighted by atomic mass is 9.99. The number of aliphatic hydroxyl groups excluding tert-OH is 5. The zero-order chi connectivity index (χ0) is 43.7. The molecule has 1 aliphatic heterocycles. The van der Waals surface area contributed by atoms with Gasteiger partial charge in [0.25, 0.3) is 0 Å². The third-order valence-electron chi connectivity index (χ3n) is 13.0. The first-order chi connectivity index (χ1) is 29.3. The molecular weight excluding hydrogens is 755 g/mol. The molecule has 0 aromatic rings. The van der Waals surface area contributed by atoms with Gasteiger partial charge < -0.3 is 40.3 Å². The summed E-state index contributed by atoms with van der Waals surface area (Å²) in [5.41, 5.74) is 0. The molecule has 9 heteroatoms. The van der Waals surface area contributed by atoms with Gasteiger partial charge in [0.15, 0.2) is 6.29 Å². The van der Waals surface area contributed by atoms with Crippen molar-refractivity contribution in [2.24, 2.45) is 0 Å². The molecule has 7 atom stereocenters. The summed E-state index contributed by atoms with van der Waals surface area (Å²) in [6.07, 6.45) is 41.1. The van der Waals surface area contributed by atoms with Crippen molar-refractivity contribution in [2.75, 3.05) is 13.2 Å².